The Morgan fingerprint density at radius 3 is 2.90 bits per heavy atom. The summed E-state index contributed by atoms with van der Waals surface area (Å²) in [6, 6.07) is 16.6. The van der Waals surface area contributed by atoms with E-state index in [0.29, 0.717) is 11.8 Å². The van der Waals surface area contributed by atoms with Gasteiger partial charge in [0.2, 0.25) is 0 Å². The van der Waals surface area contributed by atoms with E-state index in [9.17, 15) is 0 Å². The summed E-state index contributed by atoms with van der Waals surface area (Å²) in [7, 11) is 0. The highest BCUT2D eigenvalue weighted by molar-refractivity contribution is 8.13. The molecule has 3 heterocycles. The quantitative estimate of drug-likeness (QED) is 0.382. The van der Waals surface area contributed by atoms with Gasteiger partial charge in [0, 0.05) is 17.7 Å². The molecule has 0 bridgehead atoms. The Morgan fingerprint density at radius 1 is 1.10 bits per heavy atom. The summed E-state index contributed by atoms with van der Waals surface area (Å²) in [5.74, 6) is 1.41. The maximum Gasteiger partial charge on any atom is 0.324 e. The van der Waals surface area contributed by atoms with Gasteiger partial charge in [-0.3, -0.25) is 4.99 Å². The highest BCUT2D eigenvalue weighted by Crippen LogP contribution is 2.31. The molecule has 0 spiro atoms. The van der Waals surface area contributed by atoms with Crippen LogP contribution >= 0.6 is 23.1 Å². The van der Waals surface area contributed by atoms with E-state index in [1.807, 2.05) is 41.4 Å². The molecule has 1 aliphatic heterocycles. The van der Waals surface area contributed by atoms with Gasteiger partial charge in [-0.05, 0) is 31.5 Å². The second-order valence-corrected chi connectivity index (χ2v) is 9.18. The van der Waals surface area contributed by atoms with Crippen LogP contribution in [-0.4, -0.2) is 31.9 Å². The number of aryl methyl sites for hydroxylation is 1. The first-order valence-electron chi connectivity index (χ1n) is 10.1. The molecule has 2 unspecified atom stereocenters. The molecule has 31 heavy (non-hydrogen) atoms. The molecule has 0 saturated carbocycles. The normalized spacial score (nSPS) is 17.9. The Bertz CT molecular complexity index is 1260. The van der Waals surface area contributed by atoms with Crippen molar-refractivity contribution in [1.29, 1.82) is 0 Å². The highest BCUT2D eigenvalue weighted by atomic mass is 32.2. The lowest BCUT2D eigenvalue weighted by molar-refractivity contribution is 0.444. The van der Waals surface area contributed by atoms with Gasteiger partial charge in [0.15, 0.2) is 0 Å². The molecule has 1 N–H and O–H groups in total. The molecule has 5 rings (SSSR count). The number of thioether (sulfide) groups is 1. The molecule has 2 aromatic carbocycles. The van der Waals surface area contributed by atoms with Gasteiger partial charge in [-0.15, -0.1) is 11.3 Å². The van der Waals surface area contributed by atoms with Gasteiger partial charge in [-0.1, -0.05) is 42.4 Å². The minimum atomic E-state index is 0.145. The van der Waals surface area contributed by atoms with Crippen molar-refractivity contribution in [2.75, 3.05) is 5.32 Å². The van der Waals surface area contributed by atoms with Crippen LogP contribution in [0.3, 0.4) is 0 Å². The number of hydrogen-bond donors (Lipinski definition) is 1. The second-order valence-electron chi connectivity index (χ2n) is 7.31. The lowest BCUT2D eigenvalue weighted by atomic mass is 10.1. The zero-order valence-electron chi connectivity index (χ0n) is 17.1. The Labute approximate surface area is 188 Å². The lowest BCUT2D eigenvalue weighted by Gasteiger charge is -2.19. The van der Waals surface area contributed by atoms with E-state index in [0.717, 1.165) is 33.7 Å². The van der Waals surface area contributed by atoms with Crippen LogP contribution in [0.25, 0.3) is 21.5 Å². The number of nitrogens with zero attached hydrogens (tertiary/aromatic N) is 4. The molecule has 8 heteroatoms. The fourth-order valence-electron chi connectivity index (χ4n) is 3.44. The van der Waals surface area contributed by atoms with E-state index in [4.69, 9.17) is 9.72 Å². The number of fused-ring (bicyclic) bond motifs is 1. The molecule has 0 saturated heterocycles. The first-order valence-corrected chi connectivity index (χ1v) is 11.9. The van der Waals surface area contributed by atoms with E-state index in [1.165, 1.54) is 5.56 Å². The van der Waals surface area contributed by atoms with Crippen LogP contribution in [0, 0.1) is 6.92 Å². The molecule has 0 amide bonds. The Hall–Kier alpha value is -2.97. The molecule has 2 atom stereocenters. The van der Waals surface area contributed by atoms with Crippen molar-refractivity contribution >= 4 is 44.7 Å². The van der Waals surface area contributed by atoms with E-state index in [-0.39, 0.29) is 11.4 Å². The Kier molecular flexibility index (Phi) is 5.57. The fraction of sp³-hybridized carbons (Fsp3) is 0.217. The smallest absolute Gasteiger partial charge is 0.324 e. The molecule has 1 aliphatic rings. The maximum atomic E-state index is 6.09. The Balaban J connectivity index is 1.50. The largest absolute Gasteiger partial charge is 0.424 e. The molecular weight excluding hydrogens is 426 g/mol. The lowest BCUT2D eigenvalue weighted by Crippen LogP contribution is -2.26. The summed E-state index contributed by atoms with van der Waals surface area (Å²) in [4.78, 5) is 18.2. The zero-order valence-corrected chi connectivity index (χ0v) is 18.8. The summed E-state index contributed by atoms with van der Waals surface area (Å²) in [5.41, 5.74) is 7.71. The van der Waals surface area contributed by atoms with Gasteiger partial charge < -0.3 is 10.1 Å². The second kappa shape index (κ2) is 8.64. The molecule has 0 radical (unpaired) electrons. The highest BCUT2D eigenvalue weighted by Gasteiger charge is 2.24. The van der Waals surface area contributed by atoms with Crippen molar-refractivity contribution < 1.29 is 4.74 Å². The average molecular weight is 448 g/mol. The third-order valence-electron chi connectivity index (χ3n) is 5.05. The number of ether oxygens (including phenoxy) is 1. The third kappa shape index (κ3) is 4.40. The molecule has 6 nitrogen and oxygen atoms in total. The van der Waals surface area contributed by atoms with Crippen molar-refractivity contribution in [3.63, 3.8) is 0 Å². The van der Waals surface area contributed by atoms with Crippen molar-refractivity contribution in [3.05, 3.63) is 59.6 Å². The number of nitrogens with one attached hydrogen (secondary N) is 1. The number of hydrogen-bond acceptors (Lipinski definition) is 8. The van der Waals surface area contributed by atoms with Crippen LogP contribution in [0.5, 0.6) is 11.8 Å². The van der Waals surface area contributed by atoms with Gasteiger partial charge in [0.25, 0.3) is 0 Å². The number of aromatic nitrogens is 3. The number of aliphatic imine (C=N–C) groups is 1. The van der Waals surface area contributed by atoms with Crippen LogP contribution < -0.4 is 10.1 Å². The Morgan fingerprint density at radius 2 is 2.03 bits per heavy atom. The average Bonchev–Trinajstić information content (AvgIpc) is 3.42. The van der Waals surface area contributed by atoms with E-state index in [1.54, 1.807) is 23.1 Å². The summed E-state index contributed by atoms with van der Waals surface area (Å²) < 4.78 is 7.15. The van der Waals surface area contributed by atoms with Gasteiger partial charge >= 0.3 is 6.01 Å². The number of thiazole rings is 1. The van der Waals surface area contributed by atoms with Crippen molar-refractivity contribution in [3.8, 4) is 23.0 Å². The molecule has 0 aliphatic carbocycles. The van der Waals surface area contributed by atoms with Crippen LogP contribution in [0.4, 0.5) is 5.82 Å². The van der Waals surface area contributed by atoms with Crippen LogP contribution in [0.15, 0.2) is 59.0 Å². The van der Waals surface area contributed by atoms with Gasteiger partial charge in [-0.25, -0.2) is 4.98 Å². The first kappa shape index (κ1) is 20.0. The molecule has 156 valence electrons. The zero-order chi connectivity index (χ0) is 21.2. The number of benzene rings is 2. The van der Waals surface area contributed by atoms with E-state index < -0.39 is 0 Å². The summed E-state index contributed by atoms with van der Waals surface area (Å²) >= 11 is 3.26. The number of anilines is 1. The van der Waals surface area contributed by atoms with Crippen LogP contribution in [-0.2, 0) is 0 Å². The standard InChI is InChI=1S/C23H21N5OS2/c1-3-17-22(31-13-24-17)27-21-11-19(15-6-4-5-14(2)9-15)26-23(28-21)29-16-7-8-18-20(10-16)30-12-25-18/h4-13,17,22H,3H2,1-2H3,(H,26,27,28). The van der Waals surface area contributed by atoms with Gasteiger partial charge in [-0.2, -0.15) is 9.97 Å². The SMILES string of the molecule is CCC1N=CSC1Nc1cc(-c2cccc(C)c2)nc(Oc2ccc3ncsc3c2)n1. The predicted octanol–water partition coefficient (Wildman–Crippen LogP) is 6.15. The van der Waals surface area contributed by atoms with Crippen molar-refractivity contribution in [2.24, 2.45) is 4.99 Å². The summed E-state index contributed by atoms with van der Waals surface area (Å²) in [6.07, 6.45) is 0.967. The minimum absolute atomic E-state index is 0.145. The van der Waals surface area contributed by atoms with Gasteiger partial charge in [0.05, 0.1) is 33.0 Å². The molecule has 0 fully saturated rings. The monoisotopic (exact) mass is 447 g/mol. The summed E-state index contributed by atoms with van der Waals surface area (Å²) in [5, 5.41) is 3.66. The maximum absolute atomic E-state index is 6.09. The van der Waals surface area contributed by atoms with Crippen molar-refractivity contribution in [1.82, 2.24) is 15.0 Å². The van der Waals surface area contributed by atoms with E-state index >= 15 is 0 Å². The first-order chi connectivity index (χ1) is 15.2. The predicted molar refractivity (Wildman–Crippen MR) is 129 cm³/mol. The fourth-order valence-corrected chi connectivity index (χ4v) is 5.14. The third-order valence-corrected chi connectivity index (χ3v) is 6.81. The van der Waals surface area contributed by atoms with Gasteiger partial charge in [0.1, 0.15) is 16.9 Å². The molecule has 2 aromatic heterocycles. The minimum Gasteiger partial charge on any atom is -0.424 e. The topological polar surface area (TPSA) is 72.3 Å². The number of rotatable bonds is 6. The van der Waals surface area contributed by atoms with Crippen molar-refractivity contribution in [2.45, 2.75) is 31.7 Å². The van der Waals surface area contributed by atoms with E-state index in [2.05, 4.69) is 52.3 Å². The summed E-state index contributed by atoms with van der Waals surface area (Å²) in [6.45, 7) is 4.22. The molecule has 4 aromatic rings. The van der Waals surface area contributed by atoms with Crippen LogP contribution in [0.1, 0.15) is 18.9 Å². The van der Waals surface area contributed by atoms with Crippen LogP contribution in [0.2, 0.25) is 0 Å². The molecular formula is C23H21N5OS2.